The number of ether oxygens (including phenoxy) is 2. The molecule has 7 heteroatoms. The van der Waals surface area contributed by atoms with E-state index in [1.807, 2.05) is 30.3 Å². The Morgan fingerprint density at radius 1 is 1.28 bits per heavy atom. The largest absolute Gasteiger partial charge is 0.497 e. The number of allylic oxidation sites excluding steroid dienone is 2. The van der Waals surface area contributed by atoms with Gasteiger partial charge in [-0.25, -0.2) is 4.79 Å². The number of hydrogen-bond acceptors (Lipinski definition) is 6. The molecule has 1 fully saturated rings. The summed E-state index contributed by atoms with van der Waals surface area (Å²) in [7, 11) is 1.60. The third-order valence-corrected chi connectivity index (χ3v) is 4.39. The van der Waals surface area contributed by atoms with Gasteiger partial charge in [0.15, 0.2) is 0 Å². The highest BCUT2D eigenvalue weighted by Crippen LogP contribution is 2.32. The van der Waals surface area contributed by atoms with Gasteiger partial charge in [0.1, 0.15) is 11.8 Å². The third-order valence-electron chi connectivity index (χ3n) is 3.49. The average molecular weight is 361 g/mol. The number of imide groups is 1. The van der Waals surface area contributed by atoms with Crippen molar-refractivity contribution in [2.45, 2.75) is 19.9 Å². The number of esters is 1. The van der Waals surface area contributed by atoms with Gasteiger partial charge in [-0.05, 0) is 49.4 Å². The molecule has 0 aliphatic carbocycles. The second kappa shape index (κ2) is 8.53. The standard InChI is InChI=1S/C18H19NO5S/c1-4-24-17(21)12(2)19-16(20)15(25-18(19)22)7-5-6-13-8-10-14(23-3)11-9-13/h5-12H,4H2,1-3H3/b6-5+,15-7-. The molecule has 1 aliphatic heterocycles. The first kappa shape index (κ1) is 18.8. The van der Waals surface area contributed by atoms with Gasteiger partial charge in [-0.1, -0.05) is 24.3 Å². The minimum Gasteiger partial charge on any atom is -0.497 e. The highest BCUT2D eigenvalue weighted by atomic mass is 32.2. The fourth-order valence-electron chi connectivity index (χ4n) is 2.16. The van der Waals surface area contributed by atoms with E-state index in [0.717, 1.165) is 28.0 Å². The van der Waals surface area contributed by atoms with Crippen molar-refractivity contribution in [3.63, 3.8) is 0 Å². The van der Waals surface area contributed by atoms with Gasteiger partial charge in [0.2, 0.25) is 0 Å². The lowest BCUT2D eigenvalue weighted by Gasteiger charge is -2.19. The van der Waals surface area contributed by atoms with Gasteiger partial charge >= 0.3 is 5.97 Å². The Labute approximate surface area is 150 Å². The number of carbonyl (C=O) groups is 3. The summed E-state index contributed by atoms with van der Waals surface area (Å²) in [6, 6.07) is 6.46. The zero-order valence-corrected chi connectivity index (χ0v) is 15.0. The molecule has 25 heavy (non-hydrogen) atoms. The van der Waals surface area contributed by atoms with E-state index < -0.39 is 23.2 Å². The van der Waals surface area contributed by atoms with Crippen LogP contribution in [0.4, 0.5) is 4.79 Å². The van der Waals surface area contributed by atoms with Crippen molar-refractivity contribution in [2.24, 2.45) is 0 Å². The lowest BCUT2D eigenvalue weighted by molar-refractivity contribution is -0.150. The number of amides is 2. The summed E-state index contributed by atoms with van der Waals surface area (Å²) < 4.78 is 9.95. The van der Waals surface area contributed by atoms with Gasteiger partial charge in [-0.15, -0.1) is 0 Å². The Hall–Kier alpha value is -2.54. The molecule has 0 saturated carbocycles. The Kier molecular flexibility index (Phi) is 6.41. The van der Waals surface area contributed by atoms with E-state index in [0.29, 0.717) is 0 Å². The van der Waals surface area contributed by atoms with Crippen LogP contribution >= 0.6 is 11.8 Å². The van der Waals surface area contributed by atoms with Crippen molar-refractivity contribution in [3.05, 3.63) is 46.9 Å². The van der Waals surface area contributed by atoms with Crippen molar-refractivity contribution in [3.8, 4) is 5.75 Å². The molecule has 2 rings (SSSR count). The number of carbonyl (C=O) groups excluding carboxylic acids is 3. The van der Waals surface area contributed by atoms with Crippen LogP contribution in [0.25, 0.3) is 6.08 Å². The van der Waals surface area contributed by atoms with E-state index in [-0.39, 0.29) is 11.5 Å². The van der Waals surface area contributed by atoms with Crippen LogP contribution in [0.15, 0.2) is 41.3 Å². The summed E-state index contributed by atoms with van der Waals surface area (Å²) in [6.07, 6.45) is 5.06. The van der Waals surface area contributed by atoms with Gasteiger partial charge in [-0.2, -0.15) is 0 Å². The Morgan fingerprint density at radius 2 is 1.96 bits per heavy atom. The van der Waals surface area contributed by atoms with E-state index >= 15 is 0 Å². The van der Waals surface area contributed by atoms with Gasteiger partial charge in [0, 0.05) is 0 Å². The number of hydrogen-bond donors (Lipinski definition) is 0. The van der Waals surface area contributed by atoms with Crippen LogP contribution in [0, 0.1) is 0 Å². The molecule has 0 N–H and O–H groups in total. The molecule has 1 aromatic rings. The van der Waals surface area contributed by atoms with Gasteiger partial charge < -0.3 is 9.47 Å². The fourth-order valence-corrected chi connectivity index (χ4v) is 3.02. The topological polar surface area (TPSA) is 72.9 Å². The van der Waals surface area contributed by atoms with Crippen molar-refractivity contribution in [1.82, 2.24) is 4.90 Å². The Morgan fingerprint density at radius 3 is 2.56 bits per heavy atom. The predicted molar refractivity (Wildman–Crippen MR) is 96.0 cm³/mol. The predicted octanol–water partition coefficient (Wildman–Crippen LogP) is 3.24. The summed E-state index contributed by atoms with van der Waals surface area (Å²) in [4.78, 5) is 37.3. The number of nitrogens with zero attached hydrogens (tertiary/aromatic N) is 1. The first-order valence-electron chi connectivity index (χ1n) is 7.72. The van der Waals surface area contributed by atoms with E-state index in [1.165, 1.54) is 6.92 Å². The minimum absolute atomic E-state index is 0.194. The number of thioether (sulfide) groups is 1. The van der Waals surface area contributed by atoms with Gasteiger partial charge in [0.25, 0.3) is 11.1 Å². The second-order valence-corrected chi connectivity index (χ2v) is 6.13. The quantitative estimate of drug-likeness (QED) is 0.572. The van der Waals surface area contributed by atoms with Crippen molar-refractivity contribution < 1.29 is 23.9 Å². The maximum absolute atomic E-state index is 12.3. The SMILES string of the molecule is CCOC(=O)C(C)N1C(=O)S/C(=C\C=C\c2ccc(OC)cc2)C1=O. The summed E-state index contributed by atoms with van der Waals surface area (Å²) >= 11 is 0.806. The summed E-state index contributed by atoms with van der Waals surface area (Å²) in [5, 5.41) is -0.477. The number of rotatable bonds is 6. The first-order valence-corrected chi connectivity index (χ1v) is 8.54. The first-order chi connectivity index (χ1) is 12.0. The molecule has 1 aromatic carbocycles. The van der Waals surface area contributed by atoms with E-state index in [2.05, 4.69) is 0 Å². The average Bonchev–Trinajstić information content (AvgIpc) is 2.89. The molecule has 0 bridgehead atoms. The van der Waals surface area contributed by atoms with E-state index in [4.69, 9.17) is 9.47 Å². The molecule has 1 heterocycles. The van der Waals surface area contributed by atoms with Crippen molar-refractivity contribution in [2.75, 3.05) is 13.7 Å². The highest BCUT2D eigenvalue weighted by molar-refractivity contribution is 8.18. The van der Waals surface area contributed by atoms with Crippen LogP contribution in [0.5, 0.6) is 5.75 Å². The summed E-state index contributed by atoms with van der Waals surface area (Å²) in [5.41, 5.74) is 0.927. The molecule has 1 saturated heterocycles. The summed E-state index contributed by atoms with van der Waals surface area (Å²) in [5.74, 6) is -0.332. The smallest absolute Gasteiger partial charge is 0.329 e. The molecule has 2 amide bonds. The number of methoxy groups -OCH3 is 1. The molecule has 6 nitrogen and oxygen atoms in total. The number of benzene rings is 1. The molecule has 132 valence electrons. The van der Waals surface area contributed by atoms with E-state index in [1.54, 1.807) is 26.2 Å². The normalized spacial score (nSPS) is 17.4. The zero-order valence-electron chi connectivity index (χ0n) is 14.2. The fraction of sp³-hybridized carbons (Fsp3) is 0.278. The molecule has 1 unspecified atom stereocenters. The molecule has 1 atom stereocenters. The maximum atomic E-state index is 12.3. The van der Waals surface area contributed by atoms with Crippen molar-refractivity contribution in [1.29, 1.82) is 0 Å². The minimum atomic E-state index is -0.941. The van der Waals surface area contributed by atoms with Crippen molar-refractivity contribution >= 4 is 35.0 Å². The van der Waals surface area contributed by atoms with Gasteiger partial charge in [0.05, 0.1) is 18.6 Å². The lowest BCUT2D eigenvalue weighted by atomic mass is 10.2. The van der Waals surface area contributed by atoms with Crippen LogP contribution < -0.4 is 4.74 Å². The molecular weight excluding hydrogens is 342 g/mol. The zero-order chi connectivity index (χ0) is 18.4. The van der Waals surface area contributed by atoms with Crippen LogP contribution in [-0.2, 0) is 14.3 Å². The maximum Gasteiger partial charge on any atom is 0.329 e. The molecule has 0 aromatic heterocycles. The highest BCUT2D eigenvalue weighted by Gasteiger charge is 2.41. The van der Waals surface area contributed by atoms with E-state index in [9.17, 15) is 14.4 Å². The van der Waals surface area contributed by atoms with Crippen LogP contribution in [0.2, 0.25) is 0 Å². The third kappa shape index (κ3) is 4.51. The Balaban J connectivity index is 2.08. The molecule has 0 spiro atoms. The Bertz CT molecular complexity index is 723. The second-order valence-electron chi connectivity index (χ2n) is 5.13. The molecular formula is C18H19NO5S. The molecule has 1 aliphatic rings. The lowest BCUT2D eigenvalue weighted by Crippen LogP contribution is -2.42. The molecule has 0 radical (unpaired) electrons. The van der Waals surface area contributed by atoms with Crippen LogP contribution in [0.3, 0.4) is 0 Å². The van der Waals surface area contributed by atoms with Crippen LogP contribution in [-0.4, -0.2) is 41.8 Å². The van der Waals surface area contributed by atoms with Crippen LogP contribution in [0.1, 0.15) is 19.4 Å². The van der Waals surface area contributed by atoms with Gasteiger partial charge in [-0.3, -0.25) is 14.5 Å². The monoisotopic (exact) mass is 361 g/mol. The summed E-state index contributed by atoms with van der Waals surface area (Å²) in [6.45, 7) is 3.34.